The van der Waals surface area contributed by atoms with E-state index in [0.29, 0.717) is 6.42 Å². The molecule has 2 rings (SSSR count). The third kappa shape index (κ3) is 9.21. The molecule has 0 saturated carbocycles. The highest BCUT2D eigenvalue weighted by molar-refractivity contribution is 5.69. The van der Waals surface area contributed by atoms with Crippen LogP contribution in [0.2, 0.25) is 0 Å². The van der Waals surface area contributed by atoms with Crippen LogP contribution in [0.1, 0.15) is 96.8 Å². The predicted molar refractivity (Wildman–Crippen MR) is 119 cm³/mol. The number of ether oxygens (including phenoxy) is 3. The summed E-state index contributed by atoms with van der Waals surface area (Å²) in [7, 11) is 0. The summed E-state index contributed by atoms with van der Waals surface area (Å²) in [6.07, 6.45) is 12.0. The summed E-state index contributed by atoms with van der Waals surface area (Å²) in [6.45, 7) is 1.50. The molecule has 0 aromatic carbocycles. The van der Waals surface area contributed by atoms with Crippen molar-refractivity contribution in [1.29, 1.82) is 0 Å². The highest BCUT2D eigenvalue weighted by Crippen LogP contribution is 2.39. The second kappa shape index (κ2) is 14.9. The molecule has 0 aromatic heterocycles. The predicted octanol–water partition coefficient (Wildman–Crippen LogP) is 4.29. The van der Waals surface area contributed by atoms with Gasteiger partial charge in [-0.05, 0) is 6.42 Å². The fraction of sp³-hybridized carbons (Fsp3) is 0.955. The largest absolute Gasteiger partial charge is 0.427 e. The van der Waals surface area contributed by atoms with Crippen LogP contribution in [0.25, 0.3) is 0 Å². The quantitative estimate of drug-likeness (QED) is 0.0843. The number of esters is 1. The van der Waals surface area contributed by atoms with Crippen LogP contribution in [-0.4, -0.2) is 53.5 Å². The van der Waals surface area contributed by atoms with Crippen LogP contribution < -0.4 is 0 Å². The van der Waals surface area contributed by atoms with Crippen molar-refractivity contribution in [2.45, 2.75) is 121 Å². The number of rotatable bonds is 19. The van der Waals surface area contributed by atoms with Crippen LogP contribution >= 0.6 is 0 Å². The van der Waals surface area contributed by atoms with E-state index in [2.05, 4.69) is 16.6 Å². The van der Waals surface area contributed by atoms with Gasteiger partial charge in [-0.1, -0.05) is 84.0 Å². The Bertz CT molecular complexity index is 649. The molecule has 0 N–H and O–H groups in total. The van der Waals surface area contributed by atoms with Crippen molar-refractivity contribution in [2.75, 3.05) is 13.2 Å². The lowest BCUT2D eigenvalue weighted by Gasteiger charge is -2.29. The second-order valence-corrected chi connectivity index (χ2v) is 8.99. The summed E-state index contributed by atoms with van der Waals surface area (Å²) in [6, 6.07) is 0. The van der Waals surface area contributed by atoms with Crippen molar-refractivity contribution < 1.29 is 38.9 Å². The summed E-state index contributed by atoms with van der Waals surface area (Å²) in [5.74, 6) is -2.77. The summed E-state index contributed by atoms with van der Waals surface area (Å²) < 4.78 is 16.0. The molecule has 0 bridgehead atoms. The maximum Gasteiger partial charge on any atom is 0.309 e. The smallest absolute Gasteiger partial charge is 0.309 e. The zero-order valence-electron chi connectivity index (χ0n) is 20.0. The van der Waals surface area contributed by atoms with Gasteiger partial charge in [0.25, 0.3) is 10.2 Å². The molecule has 2 aliphatic heterocycles. The molecule has 0 radical (unpaired) electrons. The van der Waals surface area contributed by atoms with Crippen molar-refractivity contribution in [3.63, 3.8) is 0 Å². The summed E-state index contributed by atoms with van der Waals surface area (Å²) in [5.41, 5.74) is 0. The minimum Gasteiger partial charge on any atom is -0.427 e. The molecule has 4 atom stereocenters. The van der Waals surface area contributed by atoms with Crippen LogP contribution in [0.15, 0.2) is 0 Å². The Morgan fingerprint density at radius 3 is 1.97 bits per heavy atom. The Labute approximate surface area is 199 Å². The van der Waals surface area contributed by atoms with Gasteiger partial charge in [-0.25, -0.2) is 0 Å². The Kier molecular flexibility index (Phi) is 12.3. The Morgan fingerprint density at radius 1 is 0.882 bits per heavy atom. The normalized spacial score (nSPS) is 25.6. The molecule has 0 aromatic rings. The molecule has 2 saturated heterocycles. The molecular formula is C22H38N2O10. The van der Waals surface area contributed by atoms with Gasteiger partial charge in [-0.15, -0.1) is 20.2 Å². The van der Waals surface area contributed by atoms with Crippen LogP contribution in [0.4, 0.5) is 0 Å². The average molecular weight is 491 g/mol. The molecule has 12 nitrogen and oxygen atoms in total. The van der Waals surface area contributed by atoms with E-state index in [1.807, 2.05) is 0 Å². The van der Waals surface area contributed by atoms with Crippen LogP contribution in [0.5, 0.6) is 0 Å². The first-order valence-corrected chi connectivity index (χ1v) is 12.5. The molecule has 0 spiro atoms. The van der Waals surface area contributed by atoms with Crippen molar-refractivity contribution in [3.05, 3.63) is 20.2 Å². The first-order valence-electron chi connectivity index (χ1n) is 12.5. The molecule has 12 heteroatoms. The molecule has 0 aliphatic carbocycles. The molecule has 2 fully saturated rings. The van der Waals surface area contributed by atoms with Gasteiger partial charge in [0.2, 0.25) is 0 Å². The lowest BCUT2D eigenvalue weighted by atomic mass is 10.0. The maximum atomic E-state index is 12.4. The number of fused-ring (bicyclic) bond motifs is 1. The van der Waals surface area contributed by atoms with Gasteiger partial charge in [0.1, 0.15) is 12.7 Å². The van der Waals surface area contributed by atoms with Gasteiger partial charge < -0.3 is 19.0 Å². The minimum atomic E-state index is -2.10. The van der Waals surface area contributed by atoms with Crippen LogP contribution in [-0.2, 0) is 28.7 Å². The van der Waals surface area contributed by atoms with Gasteiger partial charge in [0.05, 0.1) is 6.61 Å². The van der Waals surface area contributed by atoms with E-state index in [-0.39, 0.29) is 13.0 Å². The zero-order chi connectivity index (χ0) is 24.8. The number of nitrogens with zero attached hydrogens (tertiary/aromatic N) is 2. The average Bonchev–Trinajstić information content (AvgIpc) is 3.32. The molecule has 0 amide bonds. The third-order valence-corrected chi connectivity index (χ3v) is 6.24. The Hall–Kier alpha value is -2.21. The molecule has 2 aliphatic rings. The molecular weight excluding hydrogens is 452 g/mol. The van der Waals surface area contributed by atoms with Crippen LogP contribution in [0.3, 0.4) is 0 Å². The monoisotopic (exact) mass is 490 g/mol. The summed E-state index contributed by atoms with van der Waals surface area (Å²) >= 11 is 0. The summed E-state index contributed by atoms with van der Waals surface area (Å²) in [4.78, 5) is 43.1. The van der Waals surface area contributed by atoms with Crippen molar-refractivity contribution in [1.82, 2.24) is 0 Å². The standard InChI is InChI=1S/C22H38N2O10/c1-2-3-4-5-6-7-8-9-10-11-12-13-14-15-19(25)32-22(34-24(28)29)17-31-20-18(33-23(26)27)16-30-21(20)22/h18,20-21H,2-17H2,1H3/t18-,20-,21+,22-/m1/s1. The molecule has 2 heterocycles. The van der Waals surface area contributed by atoms with Crippen molar-refractivity contribution in [3.8, 4) is 0 Å². The second-order valence-electron chi connectivity index (χ2n) is 8.99. The number of hydrogen-bond donors (Lipinski definition) is 0. The third-order valence-electron chi connectivity index (χ3n) is 6.24. The van der Waals surface area contributed by atoms with Crippen molar-refractivity contribution in [2.24, 2.45) is 0 Å². The number of unbranched alkanes of at least 4 members (excludes halogenated alkanes) is 12. The van der Waals surface area contributed by atoms with Gasteiger partial charge in [0, 0.05) is 6.42 Å². The van der Waals surface area contributed by atoms with Gasteiger partial charge >= 0.3 is 11.8 Å². The Morgan fingerprint density at radius 2 is 1.44 bits per heavy atom. The minimum absolute atomic E-state index is 0.0762. The SMILES string of the molecule is CCCCCCCCCCCCCCCC(=O)O[C@@]1(O[N+](=O)[O-])CO[C@@H]2[C@H](O[N+](=O)[O-])CO[C@@H]21. The van der Waals surface area contributed by atoms with Gasteiger partial charge in [-0.3, -0.25) is 9.63 Å². The van der Waals surface area contributed by atoms with Crippen LogP contribution in [0, 0.1) is 20.2 Å². The molecule has 0 unspecified atom stereocenters. The fourth-order valence-electron chi connectivity index (χ4n) is 4.49. The highest BCUT2D eigenvalue weighted by atomic mass is 17.0. The number of carbonyl (C=O) groups is 1. The van der Waals surface area contributed by atoms with E-state index in [9.17, 15) is 25.0 Å². The van der Waals surface area contributed by atoms with Gasteiger partial charge in [-0.2, -0.15) is 0 Å². The number of carbonyl (C=O) groups excluding carboxylic acids is 1. The first-order chi connectivity index (χ1) is 16.4. The topological polar surface area (TPSA) is 150 Å². The van der Waals surface area contributed by atoms with E-state index in [0.717, 1.165) is 19.3 Å². The Balaban J connectivity index is 1.62. The first kappa shape index (κ1) is 28.0. The molecule has 196 valence electrons. The van der Waals surface area contributed by atoms with Gasteiger partial charge in [0.15, 0.2) is 12.2 Å². The highest BCUT2D eigenvalue weighted by Gasteiger charge is 2.63. The molecule has 34 heavy (non-hydrogen) atoms. The lowest BCUT2D eigenvalue weighted by molar-refractivity contribution is -0.796. The number of hydrogen-bond acceptors (Lipinski definition) is 10. The van der Waals surface area contributed by atoms with Crippen molar-refractivity contribution >= 4 is 5.97 Å². The van der Waals surface area contributed by atoms with E-state index >= 15 is 0 Å². The fourth-order valence-corrected chi connectivity index (χ4v) is 4.49. The van der Waals surface area contributed by atoms with E-state index in [4.69, 9.17) is 14.2 Å². The van der Waals surface area contributed by atoms with E-state index in [1.54, 1.807) is 0 Å². The van der Waals surface area contributed by atoms with E-state index < -0.39 is 46.8 Å². The van der Waals surface area contributed by atoms with E-state index in [1.165, 1.54) is 57.8 Å². The maximum absolute atomic E-state index is 12.4. The lowest BCUT2D eigenvalue weighted by Crippen LogP contribution is -2.51. The zero-order valence-corrected chi connectivity index (χ0v) is 20.0. The summed E-state index contributed by atoms with van der Waals surface area (Å²) in [5, 5.41) is 19.5.